The minimum absolute atomic E-state index is 0.609. The van der Waals surface area contributed by atoms with E-state index in [0.717, 1.165) is 57.0 Å². The highest BCUT2D eigenvalue weighted by molar-refractivity contribution is 6.05. The zero-order chi connectivity index (χ0) is 25.3. The van der Waals surface area contributed by atoms with Crippen LogP contribution in [0.3, 0.4) is 0 Å². The molecule has 4 rings (SSSR count). The minimum Gasteiger partial charge on any atom is -0.375 e. The number of allylic oxidation sites excluding steroid dienone is 2. The maximum Gasteiger partial charge on any atom is 0.0649 e. The summed E-state index contributed by atoms with van der Waals surface area (Å²) in [5, 5.41) is 0. The summed E-state index contributed by atoms with van der Waals surface area (Å²) >= 11 is 0. The molecule has 3 aliphatic heterocycles. The van der Waals surface area contributed by atoms with E-state index in [9.17, 15) is 0 Å². The molecule has 1 aromatic rings. The molecule has 0 atom stereocenters. The highest BCUT2D eigenvalue weighted by Gasteiger charge is 2.28. The Balaban J connectivity index is 1.29. The van der Waals surface area contributed by atoms with E-state index in [-0.39, 0.29) is 0 Å². The smallest absolute Gasteiger partial charge is 0.0649 e. The van der Waals surface area contributed by atoms with Crippen LogP contribution >= 0.6 is 0 Å². The second kappa shape index (κ2) is 13.4. The van der Waals surface area contributed by atoms with Gasteiger partial charge in [0.1, 0.15) is 0 Å². The van der Waals surface area contributed by atoms with Crippen LogP contribution in [0.1, 0.15) is 94.7 Å². The average molecular weight is 489 g/mol. The number of benzene rings is 1. The number of rotatable bonds is 9. The Hall–Kier alpha value is -2.20. The lowest BCUT2D eigenvalue weighted by molar-refractivity contribution is 0.211. The fraction of sp³-hybridized carbons (Fsp3) is 0.625. The first-order valence-corrected chi connectivity index (χ1v) is 14.6. The van der Waals surface area contributed by atoms with Gasteiger partial charge in [0.15, 0.2) is 0 Å². The summed E-state index contributed by atoms with van der Waals surface area (Å²) in [4.78, 5) is 14.8. The van der Waals surface area contributed by atoms with Crippen molar-refractivity contribution in [1.29, 1.82) is 0 Å². The van der Waals surface area contributed by atoms with E-state index < -0.39 is 0 Å². The van der Waals surface area contributed by atoms with E-state index in [1.165, 1.54) is 85.8 Å². The molecule has 0 bridgehead atoms. The standard InChI is InChI=1S/C32H48N4/c1-5-6-7-9-12-27-13-14-31-29(23-27)24-34-32(31)28-15-20-36(21-16-28)22-17-30-25(2)33-18-10-8-11-19-35(4)26(30)3/h13-14,18,23,28H,3,5-12,15-17,19-22,24H2,1-2,4H3/b30-25-,33-18?. The maximum absolute atomic E-state index is 5.04. The molecule has 0 aliphatic carbocycles. The van der Waals surface area contributed by atoms with Crippen molar-refractivity contribution in [3.8, 4) is 0 Å². The Labute approximate surface area is 220 Å². The molecular formula is C32H48N4. The molecule has 0 unspecified atom stereocenters. The lowest BCUT2D eigenvalue weighted by Gasteiger charge is -2.33. The molecule has 0 spiro atoms. The summed E-state index contributed by atoms with van der Waals surface area (Å²) in [6.07, 6.45) is 15.6. The van der Waals surface area contributed by atoms with Crippen LogP contribution < -0.4 is 0 Å². The van der Waals surface area contributed by atoms with Crippen molar-refractivity contribution in [1.82, 2.24) is 9.80 Å². The largest absolute Gasteiger partial charge is 0.375 e. The molecule has 196 valence electrons. The molecule has 4 nitrogen and oxygen atoms in total. The summed E-state index contributed by atoms with van der Waals surface area (Å²) in [6, 6.07) is 7.18. The lowest BCUT2D eigenvalue weighted by Crippen LogP contribution is -2.37. The van der Waals surface area contributed by atoms with Gasteiger partial charge in [0.05, 0.1) is 6.54 Å². The third-order valence-electron chi connectivity index (χ3n) is 8.44. The fourth-order valence-corrected chi connectivity index (χ4v) is 6.01. The highest BCUT2D eigenvalue weighted by Crippen LogP contribution is 2.31. The molecule has 0 radical (unpaired) electrons. The number of hydrogen-bond donors (Lipinski definition) is 0. The summed E-state index contributed by atoms with van der Waals surface area (Å²) in [7, 11) is 2.18. The Morgan fingerprint density at radius 3 is 2.67 bits per heavy atom. The van der Waals surface area contributed by atoms with Crippen LogP contribution in [-0.2, 0) is 13.0 Å². The first kappa shape index (κ1) is 26.9. The minimum atomic E-state index is 0.609. The Morgan fingerprint density at radius 2 is 1.86 bits per heavy atom. The molecule has 0 N–H and O–H groups in total. The van der Waals surface area contributed by atoms with Gasteiger partial charge in [-0.15, -0.1) is 0 Å². The van der Waals surface area contributed by atoms with Crippen LogP contribution in [0.4, 0.5) is 0 Å². The first-order chi connectivity index (χ1) is 17.6. The molecule has 1 saturated heterocycles. The first-order valence-electron chi connectivity index (χ1n) is 14.6. The van der Waals surface area contributed by atoms with Crippen molar-refractivity contribution in [2.24, 2.45) is 15.9 Å². The quantitative estimate of drug-likeness (QED) is 0.345. The van der Waals surface area contributed by atoms with Crippen molar-refractivity contribution in [2.45, 2.75) is 91.0 Å². The van der Waals surface area contributed by atoms with E-state index >= 15 is 0 Å². The van der Waals surface area contributed by atoms with Gasteiger partial charge in [-0.2, -0.15) is 0 Å². The van der Waals surface area contributed by atoms with Crippen molar-refractivity contribution < 1.29 is 0 Å². The number of piperidine rings is 1. The van der Waals surface area contributed by atoms with Crippen molar-refractivity contribution in [2.75, 3.05) is 33.2 Å². The maximum atomic E-state index is 5.04. The molecule has 3 heterocycles. The van der Waals surface area contributed by atoms with E-state index in [1.807, 2.05) is 0 Å². The monoisotopic (exact) mass is 488 g/mol. The van der Waals surface area contributed by atoms with Crippen LogP contribution in [0, 0.1) is 5.92 Å². The zero-order valence-electron chi connectivity index (χ0n) is 23.2. The number of aryl methyl sites for hydroxylation is 1. The SMILES string of the molecule is C=C1/C(CCN2CCC(C3=NCc4cc(CCCCCC)ccc43)CC2)=C(/C)N=CCCCCN1C. The number of fused-ring (bicyclic) bond motifs is 1. The van der Waals surface area contributed by atoms with E-state index in [2.05, 4.69) is 61.7 Å². The molecule has 4 heteroatoms. The zero-order valence-corrected chi connectivity index (χ0v) is 23.2. The molecule has 0 amide bonds. The summed E-state index contributed by atoms with van der Waals surface area (Å²) < 4.78 is 0. The van der Waals surface area contributed by atoms with Gasteiger partial charge in [-0.3, -0.25) is 9.98 Å². The molecule has 1 aromatic carbocycles. The van der Waals surface area contributed by atoms with Crippen molar-refractivity contribution in [3.05, 3.63) is 58.4 Å². The molecular weight excluding hydrogens is 440 g/mol. The van der Waals surface area contributed by atoms with E-state index in [1.54, 1.807) is 0 Å². The third kappa shape index (κ3) is 6.97. The predicted molar refractivity (Wildman–Crippen MR) is 155 cm³/mol. The second-order valence-electron chi connectivity index (χ2n) is 11.1. The van der Waals surface area contributed by atoms with Gasteiger partial charge in [0.2, 0.25) is 0 Å². The Kier molecular flexibility index (Phi) is 9.98. The number of nitrogens with zero attached hydrogens (tertiary/aromatic N) is 4. The molecule has 3 aliphatic rings. The third-order valence-corrected chi connectivity index (χ3v) is 8.44. The predicted octanol–water partition coefficient (Wildman–Crippen LogP) is 7.19. The number of hydrogen-bond acceptors (Lipinski definition) is 4. The van der Waals surface area contributed by atoms with E-state index in [4.69, 9.17) is 9.98 Å². The van der Waals surface area contributed by atoms with Crippen LogP contribution in [0.15, 0.2) is 51.7 Å². The van der Waals surface area contributed by atoms with Crippen LogP contribution in [-0.4, -0.2) is 55.0 Å². The van der Waals surface area contributed by atoms with Gasteiger partial charge < -0.3 is 9.80 Å². The lowest BCUT2D eigenvalue weighted by atomic mass is 9.87. The summed E-state index contributed by atoms with van der Waals surface area (Å²) in [5.41, 5.74) is 9.41. The van der Waals surface area contributed by atoms with Crippen LogP contribution in [0.25, 0.3) is 0 Å². The number of likely N-dealkylation sites (tertiary alicyclic amines) is 1. The van der Waals surface area contributed by atoms with Gasteiger partial charge in [0.25, 0.3) is 0 Å². The van der Waals surface area contributed by atoms with Crippen molar-refractivity contribution in [3.63, 3.8) is 0 Å². The highest BCUT2D eigenvalue weighted by atomic mass is 15.1. The van der Waals surface area contributed by atoms with Gasteiger partial charge in [-0.1, -0.05) is 51.0 Å². The van der Waals surface area contributed by atoms with Gasteiger partial charge >= 0.3 is 0 Å². The molecule has 0 saturated carbocycles. The fourth-order valence-electron chi connectivity index (χ4n) is 6.01. The summed E-state index contributed by atoms with van der Waals surface area (Å²) in [5.74, 6) is 0.609. The molecule has 36 heavy (non-hydrogen) atoms. The van der Waals surface area contributed by atoms with Crippen molar-refractivity contribution >= 4 is 11.9 Å². The molecule has 0 aromatic heterocycles. The molecule has 1 fully saturated rings. The summed E-state index contributed by atoms with van der Waals surface area (Å²) in [6.45, 7) is 14.3. The van der Waals surface area contributed by atoms with E-state index in [0.29, 0.717) is 5.92 Å². The van der Waals surface area contributed by atoms with Gasteiger partial charge in [0, 0.05) is 54.9 Å². The average Bonchev–Trinajstić information content (AvgIpc) is 3.31. The topological polar surface area (TPSA) is 31.2 Å². The van der Waals surface area contributed by atoms with Gasteiger partial charge in [-0.25, -0.2) is 0 Å². The number of unbranched alkanes of at least 4 members (excludes halogenated alkanes) is 3. The Bertz CT molecular complexity index is 978. The number of aliphatic imine (C=N–C) groups is 2. The van der Waals surface area contributed by atoms with Crippen LogP contribution in [0.5, 0.6) is 0 Å². The van der Waals surface area contributed by atoms with Crippen LogP contribution in [0.2, 0.25) is 0 Å². The normalized spacial score (nSPS) is 22.1. The van der Waals surface area contributed by atoms with Gasteiger partial charge in [-0.05, 0) is 88.1 Å². The Morgan fingerprint density at radius 1 is 1.03 bits per heavy atom. The second-order valence-corrected chi connectivity index (χ2v) is 11.1. The number of likely N-dealkylation sites (N-methyl/N-ethyl adjacent to an activating group) is 1.